The summed E-state index contributed by atoms with van der Waals surface area (Å²) in [5, 5.41) is 8.81. The van der Waals surface area contributed by atoms with E-state index in [0.29, 0.717) is 5.56 Å². The van der Waals surface area contributed by atoms with E-state index in [1.54, 1.807) is 6.07 Å². The van der Waals surface area contributed by atoms with Gasteiger partial charge in [-0.3, -0.25) is 0 Å². The zero-order valence-corrected chi connectivity index (χ0v) is 8.07. The fraction of sp³-hybridized carbons (Fsp3) is 0.417. The van der Waals surface area contributed by atoms with Crippen LogP contribution in [-0.2, 0) is 0 Å². The molecule has 1 aromatic carbocycles. The first kappa shape index (κ1) is 9.08. The van der Waals surface area contributed by atoms with Gasteiger partial charge in [-0.25, -0.2) is 0 Å². The highest BCUT2D eigenvalue weighted by Gasteiger charge is 2.20. The molecule has 1 saturated carbocycles. The van der Waals surface area contributed by atoms with E-state index in [1.165, 1.54) is 12.8 Å². The SMILES string of the molecule is N#Cc1ccccc1OCCC1CC1. The van der Waals surface area contributed by atoms with Gasteiger partial charge in [-0.1, -0.05) is 25.0 Å². The molecule has 1 aliphatic rings. The topological polar surface area (TPSA) is 33.0 Å². The van der Waals surface area contributed by atoms with Crippen molar-refractivity contribution < 1.29 is 4.74 Å². The largest absolute Gasteiger partial charge is 0.492 e. The Labute approximate surface area is 84.1 Å². The summed E-state index contributed by atoms with van der Waals surface area (Å²) < 4.78 is 5.56. The smallest absolute Gasteiger partial charge is 0.137 e. The molecular weight excluding hydrogens is 174 g/mol. The lowest BCUT2D eigenvalue weighted by molar-refractivity contribution is 0.301. The van der Waals surface area contributed by atoms with Crippen molar-refractivity contribution in [2.24, 2.45) is 5.92 Å². The van der Waals surface area contributed by atoms with E-state index in [9.17, 15) is 0 Å². The summed E-state index contributed by atoms with van der Waals surface area (Å²) in [5.41, 5.74) is 0.628. The predicted octanol–water partition coefficient (Wildman–Crippen LogP) is 2.74. The first-order chi connectivity index (χ1) is 6.90. The van der Waals surface area contributed by atoms with Crippen LogP contribution in [0.25, 0.3) is 0 Å². The van der Waals surface area contributed by atoms with Gasteiger partial charge in [-0.05, 0) is 24.5 Å². The lowest BCUT2D eigenvalue weighted by Gasteiger charge is -2.06. The molecule has 0 amide bonds. The lowest BCUT2D eigenvalue weighted by atomic mass is 10.2. The molecule has 0 radical (unpaired) electrons. The molecule has 0 saturated heterocycles. The Hall–Kier alpha value is -1.49. The molecule has 0 heterocycles. The molecule has 2 nitrogen and oxygen atoms in total. The molecule has 0 bridgehead atoms. The van der Waals surface area contributed by atoms with E-state index in [4.69, 9.17) is 10.00 Å². The van der Waals surface area contributed by atoms with Gasteiger partial charge in [-0.15, -0.1) is 0 Å². The number of hydrogen-bond acceptors (Lipinski definition) is 2. The Kier molecular flexibility index (Phi) is 2.69. The lowest BCUT2D eigenvalue weighted by Crippen LogP contribution is -1.99. The molecule has 0 spiro atoms. The number of rotatable bonds is 4. The Morgan fingerprint density at radius 3 is 2.86 bits per heavy atom. The van der Waals surface area contributed by atoms with Crippen molar-refractivity contribution in [1.82, 2.24) is 0 Å². The van der Waals surface area contributed by atoms with Gasteiger partial charge in [0.1, 0.15) is 11.8 Å². The van der Waals surface area contributed by atoms with Crippen molar-refractivity contribution in [3.8, 4) is 11.8 Å². The van der Waals surface area contributed by atoms with Gasteiger partial charge in [0.25, 0.3) is 0 Å². The van der Waals surface area contributed by atoms with Crippen LogP contribution in [0.15, 0.2) is 24.3 Å². The highest BCUT2D eigenvalue weighted by atomic mass is 16.5. The summed E-state index contributed by atoms with van der Waals surface area (Å²) >= 11 is 0. The third-order valence-electron chi connectivity index (χ3n) is 2.49. The summed E-state index contributed by atoms with van der Waals surface area (Å²) in [6.07, 6.45) is 3.83. The van der Waals surface area contributed by atoms with Crippen molar-refractivity contribution in [2.45, 2.75) is 19.3 Å². The fourth-order valence-corrected chi connectivity index (χ4v) is 1.43. The number of nitriles is 1. The average Bonchev–Trinajstić information content (AvgIpc) is 3.03. The molecule has 0 aromatic heterocycles. The second kappa shape index (κ2) is 4.15. The molecule has 2 rings (SSSR count). The first-order valence-corrected chi connectivity index (χ1v) is 5.02. The van der Waals surface area contributed by atoms with Gasteiger partial charge in [0, 0.05) is 0 Å². The van der Waals surface area contributed by atoms with Crippen molar-refractivity contribution in [3.05, 3.63) is 29.8 Å². The van der Waals surface area contributed by atoms with Gasteiger partial charge in [-0.2, -0.15) is 5.26 Å². The third kappa shape index (κ3) is 2.26. The van der Waals surface area contributed by atoms with E-state index in [2.05, 4.69) is 6.07 Å². The Morgan fingerprint density at radius 2 is 2.14 bits per heavy atom. The van der Waals surface area contributed by atoms with Crippen LogP contribution < -0.4 is 4.74 Å². The first-order valence-electron chi connectivity index (χ1n) is 5.02. The van der Waals surface area contributed by atoms with E-state index in [-0.39, 0.29) is 0 Å². The van der Waals surface area contributed by atoms with Gasteiger partial charge >= 0.3 is 0 Å². The van der Waals surface area contributed by atoms with Crippen LogP contribution in [-0.4, -0.2) is 6.61 Å². The highest BCUT2D eigenvalue weighted by Crippen LogP contribution is 2.32. The maximum Gasteiger partial charge on any atom is 0.137 e. The summed E-state index contributed by atoms with van der Waals surface area (Å²) in [7, 11) is 0. The Balaban J connectivity index is 1.90. The number of nitrogens with zero attached hydrogens (tertiary/aromatic N) is 1. The summed E-state index contributed by atoms with van der Waals surface area (Å²) in [5.74, 6) is 1.60. The summed E-state index contributed by atoms with van der Waals surface area (Å²) in [6.45, 7) is 0.739. The molecule has 14 heavy (non-hydrogen) atoms. The van der Waals surface area contributed by atoms with Gasteiger partial charge in [0.2, 0.25) is 0 Å². The molecular formula is C12H13NO. The van der Waals surface area contributed by atoms with Gasteiger partial charge in [0.15, 0.2) is 0 Å². The van der Waals surface area contributed by atoms with Crippen molar-refractivity contribution in [1.29, 1.82) is 5.26 Å². The van der Waals surface area contributed by atoms with Crippen molar-refractivity contribution >= 4 is 0 Å². The molecule has 1 fully saturated rings. The van der Waals surface area contributed by atoms with Gasteiger partial charge < -0.3 is 4.74 Å². The van der Waals surface area contributed by atoms with Crippen LogP contribution in [0.4, 0.5) is 0 Å². The Morgan fingerprint density at radius 1 is 1.36 bits per heavy atom. The van der Waals surface area contributed by atoms with E-state index < -0.39 is 0 Å². The number of hydrogen-bond donors (Lipinski definition) is 0. The summed E-state index contributed by atoms with van der Waals surface area (Å²) in [4.78, 5) is 0. The van der Waals surface area contributed by atoms with Gasteiger partial charge in [0.05, 0.1) is 12.2 Å². The average molecular weight is 187 g/mol. The molecule has 72 valence electrons. The standard InChI is InChI=1S/C12H13NO/c13-9-11-3-1-2-4-12(11)14-8-7-10-5-6-10/h1-4,10H,5-8H2. The van der Waals surface area contributed by atoms with Crippen LogP contribution >= 0.6 is 0 Å². The third-order valence-corrected chi connectivity index (χ3v) is 2.49. The minimum Gasteiger partial charge on any atom is -0.492 e. The minimum atomic E-state index is 0.628. The number of benzene rings is 1. The molecule has 0 N–H and O–H groups in total. The van der Waals surface area contributed by atoms with Crippen LogP contribution in [0, 0.1) is 17.2 Å². The summed E-state index contributed by atoms with van der Waals surface area (Å²) in [6, 6.07) is 9.51. The molecule has 1 aromatic rings. The molecule has 1 aliphatic carbocycles. The van der Waals surface area contributed by atoms with Crippen LogP contribution in [0.5, 0.6) is 5.75 Å². The predicted molar refractivity (Wildman–Crippen MR) is 54.0 cm³/mol. The molecule has 0 unspecified atom stereocenters. The van der Waals surface area contributed by atoms with Crippen molar-refractivity contribution in [3.63, 3.8) is 0 Å². The number of para-hydroxylation sites is 1. The zero-order valence-electron chi connectivity index (χ0n) is 8.07. The van der Waals surface area contributed by atoms with E-state index in [0.717, 1.165) is 24.7 Å². The Bertz CT molecular complexity index is 350. The number of ether oxygens (including phenoxy) is 1. The maximum absolute atomic E-state index is 8.81. The molecule has 2 heteroatoms. The van der Waals surface area contributed by atoms with Crippen LogP contribution in [0.2, 0.25) is 0 Å². The van der Waals surface area contributed by atoms with E-state index >= 15 is 0 Å². The maximum atomic E-state index is 8.81. The second-order valence-corrected chi connectivity index (χ2v) is 3.69. The normalized spacial score (nSPS) is 14.8. The zero-order chi connectivity index (χ0) is 9.80. The van der Waals surface area contributed by atoms with Crippen LogP contribution in [0.3, 0.4) is 0 Å². The monoisotopic (exact) mass is 187 g/mol. The minimum absolute atomic E-state index is 0.628. The van der Waals surface area contributed by atoms with Crippen LogP contribution in [0.1, 0.15) is 24.8 Å². The quantitative estimate of drug-likeness (QED) is 0.726. The highest BCUT2D eigenvalue weighted by molar-refractivity contribution is 5.42. The van der Waals surface area contributed by atoms with E-state index in [1.807, 2.05) is 18.2 Å². The fourth-order valence-electron chi connectivity index (χ4n) is 1.43. The second-order valence-electron chi connectivity index (χ2n) is 3.69. The molecule has 0 aliphatic heterocycles. The van der Waals surface area contributed by atoms with Crippen molar-refractivity contribution in [2.75, 3.05) is 6.61 Å². The molecule has 0 atom stereocenters.